The number of nitrogens with zero attached hydrogens (tertiary/aromatic N) is 3. The highest BCUT2D eigenvalue weighted by atomic mass is 19.4. The number of amides is 3. The fourth-order valence-electron chi connectivity index (χ4n) is 4.39. The van der Waals surface area contributed by atoms with Crippen molar-refractivity contribution in [1.82, 2.24) is 14.7 Å². The van der Waals surface area contributed by atoms with Gasteiger partial charge in [0.05, 0.1) is 16.8 Å². The minimum absolute atomic E-state index is 0.169. The summed E-state index contributed by atoms with van der Waals surface area (Å²) >= 11 is 0. The first kappa shape index (κ1) is 28.9. The molecular weight excluding hydrogens is 530 g/mol. The van der Waals surface area contributed by atoms with Crippen LogP contribution in [-0.4, -0.2) is 45.8 Å². The van der Waals surface area contributed by atoms with E-state index in [1.54, 1.807) is 17.8 Å². The summed E-state index contributed by atoms with van der Waals surface area (Å²) in [6.45, 7) is 6.37. The standard InChI is InChI=1S/C28H31F4N5O3/c1-27(2,3)23-16-24(36(4)35-23)34-26(39)33-18-13-17(29)14-20(15-18)40-19-9-11-37(12-10-19)25(38)21-7-5-6-8-22(21)28(30,31)32/h5-8,13-16,19H,9-12H2,1-4H3,(H2,33,34,39). The van der Waals surface area contributed by atoms with E-state index in [0.29, 0.717) is 18.7 Å². The van der Waals surface area contributed by atoms with Gasteiger partial charge in [0.1, 0.15) is 23.5 Å². The van der Waals surface area contributed by atoms with Crippen LogP contribution in [0, 0.1) is 5.82 Å². The van der Waals surface area contributed by atoms with Crippen LogP contribution in [0.1, 0.15) is 55.2 Å². The van der Waals surface area contributed by atoms with Crippen LogP contribution in [0.15, 0.2) is 48.5 Å². The number of aryl methyl sites for hydroxylation is 1. The highest BCUT2D eigenvalue weighted by Crippen LogP contribution is 2.33. The number of nitrogens with one attached hydrogen (secondary N) is 2. The molecule has 1 aliphatic heterocycles. The lowest BCUT2D eigenvalue weighted by molar-refractivity contribution is -0.138. The van der Waals surface area contributed by atoms with Crippen molar-refractivity contribution in [3.63, 3.8) is 0 Å². The van der Waals surface area contributed by atoms with Gasteiger partial charge >= 0.3 is 12.2 Å². The Labute approximate surface area is 229 Å². The summed E-state index contributed by atoms with van der Waals surface area (Å²) in [5.74, 6) is -0.676. The van der Waals surface area contributed by atoms with Crippen LogP contribution in [0.2, 0.25) is 0 Å². The molecule has 1 saturated heterocycles. The summed E-state index contributed by atoms with van der Waals surface area (Å²) in [6, 6.07) is 9.67. The molecule has 0 saturated carbocycles. The SMILES string of the molecule is Cn1nc(C(C)(C)C)cc1NC(=O)Nc1cc(F)cc(OC2CCN(C(=O)c3ccccc3C(F)(F)F)CC2)c1. The minimum Gasteiger partial charge on any atom is -0.490 e. The van der Waals surface area contributed by atoms with Gasteiger partial charge in [-0.2, -0.15) is 18.3 Å². The highest BCUT2D eigenvalue weighted by Gasteiger charge is 2.36. The highest BCUT2D eigenvalue weighted by molar-refractivity contribution is 5.99. The van der Waals surface area contributed by atoms with E-state index in [1.165, 1.54) is 35.2 Å². The van der Waals surface area contributed by atoms with Gasteiger partial charge in [-0.05, 0) is 18.2 Å². The molecule has 4 rings (SSSR count). The number of aromatic nitrogens is 2. The summed E-state index contributed by atoms with van der Waals surface area (Å²) < 4.78 is 61.8. The van der Waals surface area contributed by atoms with Crippen LogP contribution in [0.3, 0.4) is 0 Å². The number of carbonyl (C=O) groups excluding carboxylic acids is 2. The van der Waals surface area contributed by atoms with E-state index in [2.05, 4.69) is 15.7 Å². The average Bonchev–Trinajstić information content (AvgIpc) is 3.23. The van der Waals surface area contributed by atoms with Gasteiger partial charge < -0.3 is 15.0 Å². The number of halogens is 4. The van der Waals surface area contributed by atoms with Gasteiger partial charge in [-0.3, -0.25) is 14.8 Å². The van der Waals surface area contributed by atoms with Crippen LogP contribution in [0.4, 0.5) is 33.9 Å². The van der Waals surface area contributed by atoms with E-state index in [4.69, 9.17) is 4.74 Å². The van der Waals surface area contributed by atoms with Gasteiger partial charge in [-0.15, -0.1) is 0 Å². The number of hydrogen-bond donors (Lipinski definition) is 2. The fraction of sp³-hybridized carbons (Fsp3) is 0.393. The summed E-state index contributed by atoms with van der Waals surface area (Å²) in [7, 11) is 1.70. The molecule has 0 spiro atoms. The van der Waals surface area contributed by atoms with Crippen molar-refractivity contribution >= 4 is 23.4 Å². The molecule has 3 amide bonds. The summed E-state index contributed by atoms with van der Waals surface area (Å²) in [5, 5.41) is 9.68. The van der Waals surface area contributed by atoms with Crippen LogP contribution in [-0.2, 0) is 18.6 Å². The predicted molar refractivity (Wildman–Crippen MR) is 142 cm³/mol. The Balaban J connectivity index is 1.35. The predicted octanol–water partition coefficient (Wildman–Crippen LogP) is 6.20. The second-order valence-corrected chi connectivity index (χ2v) is 10.7. The third-order valence-corrected chi connectivity index (χ3v) is 6.51. The Kier molecular flexibility index (Phi) is 8.08. The zero-order valence-electron chi connectivity index (χ0n) is 22.6. The first-order valence-electron chi connectivity index (χ1n) is 12.8. The molecular formula is C28H31F4N5O3. The van der Waals surface area contributed by atoms with Crippen molar-refractivity contribution < 1.29 is 31.9 Å². The first-order chi connectivity index (χ1) is 18.7. The van der Waals surface area contributed by atoms with Crippen molar-refractivity contribution in [1.29, 1.82) is 0 Å². The lowest BCUT2D eigenvalue weighted by Gasteiger charge is -2.32. The number of anilines is 2. The van der Waals surface area contributed by atoms with E-state index < -0.39 is 41.2 Å². The Morgan fingerprint density at radius 3 is 2.30 bits per heavy atom. The third-order valence-electron chi connectivity index (χ3n) is 6.51. The van der Waals surface area contributed by atoms with E-state index in [0.717, 1.165) is 17.8 Å². The van der Waals surface area contributed by atoms with Crippen molar-refractivity contribution in [2.24, 2.45) is 7.05 Å². The number of rotatable bonds is 5. The Hall–Kier alpha value is -4.09. The molecule has 0 bridgehead atoms. The Morgan fingerprint density at radius 2 is 1.68 bits per heavy atom. The topological polar surface area (TPSA) is 88.5 Å². The molecule has 2 aromatic carbocycles. The van der Waals surface area contributed by atoms with Crippen molar-refractivity contribution in [2.45, 2.75) is 51.3 Å². The molecule has 2 heterocycles. The lowest BCUT2D eigenvalue weighted by atomic mass is 9.92. The van der Waals surface area contributed by atoms with Crippen LogP contribution >= 0.6 is 0 Å². The molecule has 0 radical (unpaired) electrons. The second-order valence-electron chi connectivity index (χ2n) is 10.7. The number of carbonyl (C=O) groups is 2. The summed E-state index contributed by atoms with van der Waals surface area (Å²) in [4.78, 5) is 26.7. The van der Waals surface area contributed by atoms with E-state index in [9.17, 15) is 27.2 Å². The molecule has 0 aliphatic carbocycles. The molecule has 2 N–H and O–H groups in total. The van der Waals surface area contributed by atoms with Gasteiger partial charge in [-0.25, -0.2) is 9.18 Å². The maximum atomic E-state index is 14.3. The molecule has 8 nitrogen and oxygen atoms in total. The molecule has 1 aromatic heterocycles. The molecule has 1 fully saturated rings. The normalized spacial score (nSPS) is 14.7. The quantitative estimate of drug-likeness (QED) is 0.363. The third kappa shape index (κ3) is 6.91. The van der Waals surface area contributed by atoms with Crippen LogP contribution in [0.25, 0.3) is 0 Å². The summed E-state index contributed by atoms with van der Waals surface area (Å²) in [5.41, 5.74) is -0.611. The Morgan fingerprint density at radius 1 is 1.00 bits per heavy atom. The number of ether oxygens (including phenoxy) is 1. The lowest BCUT2D eigenvalue weighted by Crippen LogP contribution is -2.42. The molecule has 0 atom stereocenters. The molecule has 0 unspecified atom stereocenters. The number of alkyl halides is 3. The fourth-order valence-corrected chi connectivity index (χ4v) is 4.39. The molecule has 1 aliphatic rings. The average molecular weight is 562 g/mol. The largest absolute Gasteiger partial charge is 0.490 e. The van der Waals surface area contributed by atoms with Gasteiger partial charge in [0.15, 0.2) is 0 Å². The number of benzene rings is 2. The number of piperidine rings is 1. The van der Waals surface area contributed by atoms with Crippen molar-refractivity contribution in [3.8, 4) is 5.75 Å². The molecule has 12 heteroatoms. The Bertz CT molecular complexity index is 1390. The van der Waals surface area contributed by atoms with Gasteiger partial charge in [0, 0.05) is 62.3 Å². The zero-order chi connectivity index (χ0) is 29.2. The van der Waals surface area contributed by atoms with Crippen molar-refractivity contribution in [3.05, 3.63) is 71.2 Å². The van der Waals surface area contributed by atoms with Gasteiger partial charge in [0.25, 0.3) is 5.91 Å². The van der Waals surface area contributed by atoms with Crippen LogP contribution < -0.4 is 15.4 Å². The summed E-state index contributed by atoms with van der Waals surface area (Å²) in [6.07, 6.45) is -4.34. The van der Waals surface area contributed by atoms with E-state index in [-0.39, 0.29) is 29.9 Å². The smallest absolute Gasteiger partial charge is 0.417 e. The molecule has 3 aromatic rings. The van der Waals surface area contributed by atoms with Crippen molar-refractivity contribution in [2.75, 3.05) is 23.7 Å². The van der Waals surface area contributed by atoms with E-state index in [1.807, 2.05) is 20.8 Å². The molecule has 214 valence electrons. The number of urea groups is 1. The monoisotopic (exact) mass is 561 g/mol. The number of likely N-dealkylation sites (tertiary alicyclic amines) is 1. The van der Waals surface area contributed by atoms with Gasteiger partial charge in [-0.1, -0.05) is 32.9 Å². The maximum Gasteiger partial charge on any atom is 0.417 e. The second kappa shape index (κ2) is 11.2. The molecule has 40 heavy (non-hydrogen) atoms. The first-order valence-corrected chi connectivity index (χ1v) is 12.8. The van der Waals surface area contributed by atoms with E-state index >= 15 is 0 Å². The minimum atomic E-state index is -4.64. The zero-order valence-corrected chi connectivity index (χ0v) is 22.6. The van der Waals surface area contributed by atoms with Gasteiger partial charge in [0.2, 0.25) is 0 Å². The van der Waals surface area contributed by atoms with Crippen LogP contribution in [0.5, 0.6) is 5.75 Å². The maximum absolute atomic E-state index is 14.3. The number of hydrogen-bond acceptors (Lipinski definition) is 4.